The van der Waals surface area contributed by atoms with Crippen LogP contribution >= 0.6 is 0 Å². The number of ether oxygens (including phenoxy) is 1. The lowest BCUT2D eigenvalue weighted by molar-refractivity contribution is -0.385. The number of unbranched alkanes of at least 4 members (excludes halogenated alkanes) is 1. The molecule has 0 unspecified atom stereocenters. The molecule has 0 radical (unpaired) electrons. The first-order valence-electron chi connectivity index (χ1n) is 9.98. The molecule has 0 atom stereocenters. The van der Waals surface area contributed by atoms with Crippen LogP contribution in [-0.2, 0) is 14.8 Å². The number of aryl methyl sites for hydroxylation is 1. The molecule has 0 aromatic heterocycles. The van der Waals surface area contributed by atoms with Gasteiger partial charge in [-0.25, -0.2) is 8.42 Å². The molecule has 10 heteroatoms. The van der Waals surface area contributed by atoms with Crippen LogP contribution in [0.3, 0.4) is 0 Å². The number of nitrogens with one attached hydrogen (secondary N) is 2. The number of sulfonamides is 1. The molecule has 0 saturated carbocycles. The van der Waals surface area contributed by atoms with E-state index in [4.69, 9.17) is 4.74 Å². The molecule has 31 heavy (non-hydrogen) atoms. The lowest BCUT2D eigenvalue weighted by atomic mass is 10.2. The summed E-state index contributed by atoms with van der Waals surface area (Å²) >= 11 is 0. The molecule has 2 aromatic rings. The number of rotatable bonds is 12. The molecule has 168 valence electrons. The van der Waals surface area contributed by atoms with Gasteiger partial charge in [0.15, 0.2) is 0 Å². The number of benzene rings is 2. The minimum Gasteiger partial charge on any atom is -0.381 e. The molecular weight excluding hydrogens is 422 g/mol. The van der Waals surface area contributed by atoms with Gasteiger partial charge in [0.1, 0.15) is 0 Å². The molecule has 2 rings (SSSR count). The molecule has 0 aliphatic rings. The largest absolute Gasteiger partial charge is 0.381 e. The lowest BCUT2D eigenvalue weighted by Gasteiger charge is -2.10. The number of nitro benzene ring substituents is 1. The fourth-order valence-corrected chi connectivity index (χ4v) is 3.76. The summed E-state index contributed by atoms with van der Waals surface area (Å²) in [5.74, 6) is -0.267. The van der Waals surface area contributed by atoms with E-state index in [1.54, 1.807) is 0 Å². The number of hydrogen-bond donors (Lipinski definition) is 2. The second-order valence-electron chi connectivity index (χ2n) is 6.96. The molecular formula is C21H27N3O6S. The van der Waals surface area contributed by atoms with Crippen molar-refractivity contribution in [2.75, 3.05) is 24.5 Å². The van der Waals surface area contributed by atoms with Crippen LogP contribution < -0.4 is 10.0 Å². The van der Waals surface area contributed by atoms with Crippen LogP contribution in [0.1, 0.15) is 42.1 Å². The Morgan fingerprint density at radius 2 is 1.77 bits per heavy atom. The quantitative estimate of drug-likeness (QED) is 0.289. The van der Waals surface area contributed by atoms with Gasteiger partial charge in [-0.1, -0.05) is 19.4 Å². The number of carbonyl (C=O) groups excluding carboxylic acids is 1. The van der Waals surface area contributed by atoms with Crippen molar-refractivity contribution in [1.82, 2.24) is 5.32 Å². The van der Waals surface area contributed by atoms with Gasteiger partial charge in [0, 0.05) is 42.6 Å². The number of amides is 1. The van der Waals surface area contributed by atoms with Gasteiger partial charge in [-0.2, -0.15) is 0 Å². The second-order valence-corrected chi connectivity index (χ2v) is 8.65. The lowest BCUT2D eigenvalue weighted by Crippen LogP contribution is -2.25. The van der Waals surface area contributed by atoms with Gasteiger partial charge in [0.2, 0.25) is 0 Å². The first-order valence-corrected chi connectivity index (χ1v) is 11.5. The summed E-state index contributed by atoms with van der Waals surface area (Å²) in [5.41, 5.74) is 0.724. The Balaban J connectivity index is 1.93. The Hall–Kier alpha value is -2.98. The summed E-state index contributed by atoms with van der Waals surface area (Å²) in [6.45, 7) is 5.40. The highest BCUT2D eigenvalue weighted by Gasteiger charge is 2.20. The van der Waals surface area contributed by atoms with E-state index in [1.165, 1.54) is 43.3 Å². The van der Waals surface area contributed by atoms with Crippen molar-refractivity contribution >= 4 is 27.3 Å². The van der Waals surface area contributed by atoms with E-state index in [-0.39, 0.29) is 22.2 Å². The molecule has 1 amide bonds. The maximum atomic E-state index is 12.6. The van der Waals surface area contributed by atoms with Crippen molar-refractivity contribution in [1.29, 1.82) is 0 Å². The van der Waals surface area contributed by atoms with Crippen LogP contribution in [0, 0.1) is 17.0 Å². The van der Waals surface area contributed by atoms with Gasteiger partial charge >= 0.3 is 0 Å². The summed E-state index contributed by atoms with van der Waals surface area (Å²) in [5, 5.41) is 13.8. The molecule has 9 nitrogen and oxygen atoms in total. The molecule has 0 saturated heterocycles. The average Bonchev–Trinajstić information content (AvgIpc) is 2.73. The fraction of sp³-hybridized carbons (Fsp3) is 0.381. The summed E-state index contributed by atoms with van der Waals surface area (Å²) in [6.07, 6.45) is 2.80. The van der Waals surface area contributed by atoms with Crippen LogP contribution in [0.5, 0.6) is 0 Å². The number of anilines is 1. The number of carbonyl (C=O) groups is 1. The maximum Gasteiger partial charge on any atom is 0.273 e. The van der Waals surface area contributed by atoms with E-state index >= 15 is 0 Å². The zero-order valence-electron chi connectivity index (χ0n) is 17.6. The Kier molecular flexibility index (Phi) is 8.95. The third-order valence-electron chi connectivity index (χ3n) is 4.48. The van der Waals surface area contributed by atoms with Gasteiger partial charge in [0.05, 0.1) is 9.82 Å². The first kappa shape index (κ1) is 24.3. The molecule has 2 N–H and O–H groups in total. The topological polar surface area (TPSA) is 128 Å². The third kappa shape index (κ3) is 7.34. The van der Waals surface area contributed by atoms with Gasteiger partial charge in [-0.3, -0.25) is 19.6 Å². The number of nitro groups is 1. The molecule has 0 fully saturated rings. The minimum absolute atomic E-state index is 0.215. The van der Waals surface area contributed by atoms with Crippen LogP contribution in [0.15, 0.2) is 47.4 Å². The fourth-order valence-electron chi connectivity index (χ4n) is 2.68. The summed E-state index contributed by atoms with van der Waals surface area (Å²) in [6, 6.07) is 9.63. The van der Waals surface area contributed by atoms with E-state index < -0.39 is 14.9 Å². The molecule has 0 aliphatic heterocycles. The Morgan fingerprint density at radius 3 is 2.42 bits per heavy atom. The molecule has 0 aliphatic carbocycles. The Labute approximate surface area is 182 Å². The van der Waals surface area contributed by atoms with E-state index in [9.17, 15) is 23.3 Å². The van der Waals surface area contributed by atoms with Crippen molar-refractivity contribution in [3.05, 3.63) is 63.7 Å². The first-order chi connectivity index (χ1) is 14.7. The number of nitrogens with zero attached hydrogens (tertiary/aromatic N) is 1. The predicted octanol–water partition coefficient (Wildman–Crippen LogP) is 3.64. The monoisotopic (exact) mass is 449 g/mol. The maximum absolute atomic E-state index is 12.6. The second kappa shape index (κ2) is 11.4. The zero-order chi connectivity index (χ0) is 22.9. The van der Waals surface area contributed by atoms with Crippen molar-refractivity contribution in [2.24, 2.45) is 0 Å². The van der Waals surface area contributed by atoms with Crippen LogP contribution in [0.25, 0.3) is 0 Å². The van der Waals surface area contributed by atoms with Gasteiger partial charge in [-0.15, -0.1) is 0 Å². The van der Waals surface area contributed by atoms with E-state index in [1.807, 2.05) is 0 Å². The smallest absolute Gasteiger partial charge is 0.273 e. The van der Waals surface area contributed by atoms with Gasteiger partial charge in [0.25, 0.3) is 21.6 Å². The molecule has 0 spiro atoms. The summed E-state index contributed by atoms with van der Waals surface area (Å²) in [7, 11) is -4.02. The zero-order valence-corrected chi connectivity index (χ0v) is 18.4. The van der Waals surface area contributed by atoms with Crippen molar-refractivity contribution in [3.63, 3.8) is 0 Å². The SMILES string of the molecule is CCCCOCCCNC(=O)c1ccc(NS(=O)(=O)c2ccc(C)c([N+](=O)[O-])c2)cc1. The van der Waals surface area contributed by atoms with Gasteiger partial charge in [-0.05, 0) is 50.1 Å². The highest BCUT2D eigenvalue weighted by Crippen LogP contribution is 2.24. The highest BCUT2D eigenvalue weighted by molar-refractivity contribution is 7.92. The Bertz CT molecular complexity index is 1010. The highest BCUT2D eigenvalue weighted by atomic mass is 32.2. The van der Waals surface area contributed by atoms with E-state index in [2.05, 4.69) is 17.0 Å². The van der Waals surface area contributed by atoms with Crippen LogP contribution in [0.4, 0.5) is 11.4 Å². The predicted molar refractivity (Wildman–Crippen MR) is 118 cm³/mol. The van der Waals surface area contributed by atoms with Crippen LogP contribution in [0.2, 0.25) is 0 Å². The standard InChI is InChI=1S/C21H27N3O6S/c1-3-4-13-30-14-5-12-22-21(25)17-7-9-18(10-8-17)23-31(28,29)19-11-6-16(2)20(15-19)24(26)27/h6-11,15,23H,3-5,12-14H2,1-2H3,(H,22,25). The summed E-state index contributed by atoms with van der Waals surface area (Å²) < 4.78 is 32.9. The minimum atomic E-state index is -4.02. The summed E-state index contributed by atoms with van der Waals surface area (Å²) in [4.78, 5) is 22.4. The molecule has 0 heterocycles. The normalized spacial score (nSPS) is 11.2. The van der Waals surface area contributed by atoms with Gasteiger partial charge < -0.3 is 10.1 Å². The van der Waals surface area contributed by atoms with E-state index in [0.29, 0.717) is 30.7 Å². The van der Waals surface area contributed by atoms with Crippen molar-refractivity contribution < 1.29 is 22.9 Å². The van der Waals surface area contributed by atoms with Crippen molar-refractivity contribution in [2.45, 2.75) is 38.0 Å². The van der Waals surface area contributed by atoms with E-state index in [0.717, 1.165) is 25.5 Å². The average molecular weight is 450 g/mol. The molecule has 0 bridgehead atoms. The third-order valence-corrected chi connectivity index (χ3v) is 5.86. The van der Waals surface area contributed by atoms with Crippen molar-refractivity contribution in [3.8, 4) is 0 Å². The Morgan fingerprint density at radius 1 is 1.10 bits per heavy atom. The number of hydrogen-bond acceptors (Lipinski definition) is 6. The molecule has 2 aromatic carbocycles. The van der Waals surface area contributed by atoms with Crippen LogP contribution in [-0.4, -0.2) is 39.0 Å².